The molecule has 4 rings (SSSR count). The maximum Gasteiger partial charge on any atom is 0.335 e. The predicted molar refractivity (Wildman–Crippen MR) is 132 cm³/mol. The average Bonchev–Trinajstić information content (AvgIpc) is 3.26. The lowest BCUT2D eigenvalue weighted by Crippen LogP contribution is -2.34. The first-order valence-electron chi connectivity index (χ1n) is 12.2. The minimum absolute atomic E-state index is 0.0341. The molecule has 0 saturated heterocycles. The van der Waals surface area contributed by atoms with Crippen LogP contribution in [0.25, 0.3) is 22.6 Å². The first kappa shape index (κ1) is 25.1. The summed E-state index contributed by atoms with van der Waals surface area (Å²) in [5.41, 5.74) is 4.03. The molecule has 3 atom stereocenters. The zero-order chi connectivity index (χ0) is 24.6. The van der Waals surface area contributed by atoms with Crippen LogP contribution >= 0.6 is 0 Å². The second kappa shape index (κ2) is 12.1. The number of aryl methyl sites for hydroxylation is 1. The second-order valence-corrected chi connectivity index (χ2v) is 8.80. The normalized spacial score (nSPS) is 18.9. The van der Waals surface area contributed by atoms with Crippen molar-refractivity contribution in [2.45, 2.75) is 64.4 Å². The number of aromatic nitrogens is 1. The van der Waals surface area contributed by atoms with Crippen LogP contribution in [0, 0.1) is 6.92 Å². The van der Waals surface area contributed by atoms with E-state index in [0.717, 1.165) is 48.3 Å². The molecule has 0 amide bonds. The Balaban J connectivity index is 1.31. The van der Waals surface area contributed by atoms with Gasteiger partial charge in [-0.2, -0.15) is 0 Å². The van der Waals surface area contributed by atoms with Crippen LogP contribution in [0.3, 0.4) is 0 Å². The number of nitrogens with zero attached hydrogens (tertiary/aromatic N) is 1. The van der Waals surface area contributed by atoms with Crippen LogP contribution in [-0.2, 0) is 25.6 Å². The van der Waals surface area contributed by atoms with Gasteiger partial charge < -0.3 is 23.7 Å². The number of ether oxygens (including phenoxy) is 3. The van der Waals surface area contributed by atoms with Gasteiger partial charge in [-0.3, -0.25) is 0 Å². The molecule has 1 aromatic heterocycles. The van der Waals surface area contributed by atoms with Crippen molar-refractivity contribution in [1.82, 2.24) is 4.98 Å². The Morgan fingerprint density at radius 2 is 1.69 bits per heavy atom. The van der Waals surface area contributed by atoms with Gasteiger partial charge in [0.25, 0.3) is 0 Å². The van der Waals surface area contributed by atoms with E-state index in [1.165, 1.54) is 5.56 Å². The van der Waals surface area contributed by atoms with E-state index in [2.05, 4.69) is 29.2 Å². The Kier molecular flexibility index (Phi) is 8.69. The Morgan fingerprint density at radius 3 is 2.37 bits per heavy atom. The topological polar surface area (TPSA) is 91.0 Å². The van der Waals surface area contributed by atoms with Crippen molar-refractivity contribution in [3.8, 4) is 22.6 Å². The molecule has 1 N–H and O–H groups in total. The molecule has 3 aromatic rings. The van der Waals surface area contributed by atoms with Crippen LogP contribution in [-0.4, -0.2) is 47.6 Å². The molecule has 0 bridgehead atoms. The van der Waals surface area contributed by atoms with Gasteiger partial charge in [0.2, 0.25) is 5.89 Å². The van der Waals surface area contributed by atoms with Crippen LogP contribution in [0.1, 0.15) is 44.1 Å². The standard InChI is InChI=1S/C28H33NO6/c1-3-32-26(28(30)31)18-34-24-11-7-10-23(16-24)33-17-25-19(2)35-27(29-25)22-14-12-21(13-15-22)20-8-5-4-6-9-20/h4-6,8-9,12-15,23-24,26H,3,7,10-11,16-18H2,1-2H3,(H,30,31)/t23-,24+,26?/m0/s1. The van der Waals surface area contributed by atoms with Gasteiger partial charge in [-0.25, -0.2) is 9.78 Å². The second-order valence-electron chi connectivity index (χ2n) is 8.80. The quantitative estimate of drug-likeness (QED) is 0.380. The Morgan fingerprint density at radius 1 is 1.03 bits per heavy atom. The Hall–Kier alpha value is -3.00. The summed E-state index contributed by atoms with van der Waals surface area (Å²) in [4.78, 5) is 15.9. The lowest BCUT2D eigenvalue weighted by Gasteiger charge is -2.29. The number of carboxylic acid groups (broad SMARTS) is 1. The number of carboxylic acids is 1. The Bertz CT molecular complexity index is 1080. The highest BCUT2D eigenvalue weighted by atomic mass is 16.6. The van der Waals surface area contributed by atoms with E-state index < -0.39 is 12.1 Å². The summed E-state index contributed by atoms with van der Waals surface area (Å²) >= 11 is 0. The van der Waals surface area contributed by atoms with E-state index in [1.807, 2.05) is 37.3 Å². The third-order valence-corrected chi connectivity index (χ3v) is 6.29. The fourth-order valence-electron chi connectivity index (χ4n) is 4.34. The van der Waals surface area contributed by atoms with Crippen molar-refractivity contribution in [3.63, 3.8) is 0 Å². The minimum Gasteiger partial charge on any atom is -0.479 e. The molecule has 1 aliphatic rings. The molecule has 1 unspecified atom stereocenters. The number of oxazole rings is 1. The molecule has 186 valence electrons. The number of aliphatic carboxylic acids is 1. The van der Waals surface area contributed by atoms with Gasteiger partial charge >= 0.3 is 5.97 Å². The molecule has 1 fully saturated rings. The summed E-state index contributed by atoms with van der Waals surface area (Å²) in [7, 11) is 0. The molecule has 7 nitrogen and oxygen atoms in total. The zero-order valence-corrected chi connectivity index (χ0v) is 20.3. The first-order valence-corrected chi connectivity index (χ1v) is 12.2. The van der Waals surface area contributed by atoms with Gasteiger partial charge in [-0.1, -0.05) is 42.5 Å². The first-order chi connectivity index (χ1) is 17.0. The summed E-state index contributed by atoms with van der Waals surface area (Å²) in [6.45, 7) is 4.44. The molecular formula is C28H33NO6. The molecule has 0 spiro atoms. The summed E-state index contributed by atoms with van der Waals surface area (Å²) in [5.74, 6) is 0.334. The highest BCUT2D eigenvalue weighted by Gasteiger charge is 2.26. The monoisotopic (exact) mass is 479 g/mol. The molecule has 1 saturated carbocycles. The van der Waals surface area contributed by atoms with E-state index in [0.29, 0.717) is 19.1 Å². The predicted octanol–water partition coefficient (Wildman–Crippen LogP) is 5.65. The molecule has 1 aliphatic carbocycles. The van der Waals surface area contributed by atoms with Crippen molar-refractivity contribution in [1.29, 1.82) is 0 Å². The van der Waals surface area contributed by atoms with E-state index in [9.17, 15) is 9.90 Å². The van der Waals surface area contributed by atoms with E-state index in [1.54, 1.807) is 6.92 Å². The van der Waals surface area contributed by atoms with Gasteiger partial charge in [-0.05, 0) is 62.8 Å². The molecular weight excluding hydrogens is 446 g/mol. The summed E-state index contributed by atoms with van der Waals surface area (Å²) in [6.07, 6.45) is 2.60. The minimum atomic E-state index is -0.998. The van der Waals surface area contributed by atoms with Gasteiger partial charge in [-0.15, -0.1) is 0 Å². The van der Waals surface area contributed by atoms with Crippen LogP contribution in [0.5, 0.6) is 0 Å². The van der Waals surface area contributed by atoms with Crippen molar-refractivity contribution < 1.29 is 28.5 Å². The molecule has 2 aromatic carbocycles. The Labute approximate surface area is 206 Å². The van der Waals surface area contributed by atoms with Crippen molar-refractivity contribution in [2.75, 3.05) is 13.2 Å². The number of carbonyl (C=O) groups is 1. The van der Waals surface area contributed by atoms with Gasteiger partial charge in [0, 0.05) is 12.2 Å². The summed E-state index contributed by atoms with van der Waals surface area (Å²) < 4.78 is 23.2. The van der Waals surface area contributed by atoms with Crippen LogP contribution in [0.2, 0.25) is 0 Å². The maximum atomic E-state index is 11.3. The summed E-state index contributed by atoms with van der Waals surface area (Å²) in [6, 6.07) is 18.4. The zero-order valence-electron chi connectivity index (χ0n) is 20.3. The number of benzene rings is 2. The van der Waals surface area contributed by atoms with Crippen molar-refractivity contribution in [3.05, 3.63) is 66.1 Å². The van der Waals surface area contributed by atoms with Gasteiger partial charge in [0.05, 0.1) is 25.4 Å². The third-order valence-electron chi connectivity index (χ3n) is 6.29. The van der Waals surface area contributed by atoms with Crippen LogP contribution < -0.4 is 0 Å². The number of hydrogen-bond acceptors (Lipinski definition) is 6. The lowest BCUT2D eigenvalue weighted by molar-refractivity contribution is -0.157. The van der Waals surface area contributed by atoms with Gasteiger partial charge in [0.15, 0.2) is 6.10 Å². The highest BCUT2D eigenvalue weighted by molar-refractivity contribution is 5.72. The van der Waals surface area contributed by atoms with E-state index in [-0.39, 0.29) is 18.8 Å². The van der Waals surface area contributed by atoms with E-state index in [4.69, 9.17) is 18.6 Å². The van der Waals surface area contributed by atoms with Gasteiger partial charge in [0.1, 0.15) is 11.5 Å². The summed E-state index contributed by atoms with van der Waals surface area (Å²) in [5, 5.41) is 9.23. The molecule has 0 radical (unpaired) electrons. The van der Waals surface area contributed by atoms with E-state index >= 15 is 0 Å². The molecule has 35 heavy (non-hydrogen) atoms. The third kappa shape index (κ3) is 6.78. The molecule has 0 aliphatic heterocycles. The van der Waals surface area contributed by atoms with Crippen molar-refractivity contribution >= 4 is 5.97 Å². The van der Waals surface area contributed by atoms with Crippen molar-refractivity contribution in [2.24, 2.45) is 0 Å². The number of hydrogen-bond donors (Lipinski definition) is 1. The average molecular weight is 480 g/mol. The fraction of sp³-hybridized carbons (Fsp3) is 0.429. The number of rotatable bonds is 11. The molecule has 1 heterocycles. The highest BCUT2D eigenvalue weighted by Crippen LogP contribution is 2.28. The molecule has 7 heteroatoms. The fourth-order valence-corrected chi connectivity index (χ4v) is 4.34. The smallest absolute Gasteiger partial charge is 0.335 e. The SMILES string of the molecule is CCOC(CO[C@@H]1CCC[C@H](OCc2nc(-c3ccc(-c4ccccc4)cc3)oc2C)C1)C(=O)O. The van der Waals surface area contributed by atoms with Crippen LogP contribution in [0.4, 0.5) is 0 Å². The van der Waals surface area contributed by atoms with Crippen LogP contribution in [0.15, 0.2) is 59.0 Å². The lowest BCUT2D eigenvalue weighted by atomic mass is 9.95. The largest absolute Gasteiger partial charge is 0.479 e. The maximum absolute atomic E-state index is 11.3.